The molecule has 0 spiro atoms. The Hall–Kier alpha value is -2.57. The van der Waals surface area contributed by atoms with Crippen molar-refractivity contribution >= 4 is 5.91 Å². The van der Waals surface area contributed by atoms with Crippen molar-refractivity contribution in [3.05, 3.63) is 63.3 Å². The number of amides is 1. The summed E-state index contributed by atoms with van der Waals surface area (Å²) in [5, 5.41) is 2.48. The molecule has 0 fully saturated rings. The molecule has 2 aromatic rings. The number of benzene rings is 1. The summed E-state index contributed by atoms with van der Waals surface area (Å²) in [6, 6.07) is 2.73. The average molecular weight is 307 g/mol. The summed E-state index contributed by atoms with van der Waals surface area (Å²) in [6.07, 6.45) is 1.40. The molecule has 0 unspecified atom stereocenters. The van der Waals surface area contributed by atoms with Gasteiger partial charge in [0.25, 0.3) is 11.5 Å². The van der Waals surface area contributed by atoms with Gasteiger partial charge in [-0.1, -0.05) is 0 Å². The minimum atomic E-state index is -0.928. The highest BCUT2D eigenvalue weighted by atomic mass is 19.1. The maximum absolute atomic E-state index is 13.4. The molecule has 22 heavy (non-hydrogen) atoms. The second-order valence-corrected chi connectivity index (χ2v) is 4.83. The quantitative estimate of drug-likeness (QED) is 0.932. The molecule has 1 aromatic carbocycles. The van der Waals surface area contributed by atoms with Gasteiger partial charge < -0.3 is 5.32 Å². The van der Waals surface area contributed by atoms with Crippen molar-refractivity contribution in [3.63, 3.8) is 0 Å². The molecular weight excluding hydrogens is 292 g/mol. The molecule has 0 atom stereocenters. The summed E-state index contributed by atoms with van der Waals surface area (Å²) >= 11 is 0. The number of nitrogens with zero attached hydrogens (tertiary/aromatic N) is 2. The van der Waals surface area contributed by atoms with E-state index in [0.717, 1.165) is 12.1 Å². The molecule has 5 nitrogen and oxygen atoms in total. The number of carbonyl (C=O) groups excluding carboxylic acids is 1. The standard InChI is InChI=1S/C15H15F2N3O2/c1-9-10(2)19-8-20(15(9)22)6-5-18-14(21)12-4-3-11(16)7-13(12)17/h3-4,7-8H,5-6H2,1-2H3,(H,18,21). The molecule has 0 bridgehead atoms. The normalized spacial score (nSPS) is 10.5. The third-order valence-corrected chi connectivity index (χ3v) is 3.33. The summed E-state index contributed by atoms with van der Waals surface area (Å²) < 4.78 is 27.6. The van der Waals surface area contributed by atoms with Crippen molar-refractivity contribution < 1.29 is 13.6 Å². The fraction of sp³-hybridized carbons (Fsp3) is 0.267. The maximum Gasteiger partial charge on any atom is 0.256 e. The van der Waals surface area contributed by atoms with Crippen LogP contribution in [-0.4, -0.2) is 22.0 Å². The van der Waals surface area contributed by atoms with Crippen LogP contribution in [0.4, 0.5) is 8.78 Å². The molecule has 116 valence electrons. The molecule has 1 amide bonds. The number of nitrogens with one attached hydrogen (secondary N) is 1. The highest BCUT2D eigenvalue weighted by molar-refractivity contribution is 5.94. The molecule has 7 heteroatoms. The Bertz CT molecular complexity index is 772. The second kappa shape index (κ2) is 6.46. The molecular formula is C15H15F2N3O2. The fourth-order valence-corrected chi connectivity index (χ4v) is 1.89. The molecule has 0 saturated heterocycles. The van der Waals surface area contributed by atoms with Crippen LogP contribution in [-0.2, 0) is 6.54 Å². The predicted octanol–water partition coefficient (Wildman–Crippen LogP) is 1.57. The van der Waals surface area contributed by atoms with Crippen LogP contribution in [0.5, 0.6) is 0 Å². The van der Waals surface area contributed by atoms with E-state index in [1.54, 1.807) is 13.8 Å². The van der Waals surface area contributed by atoms with Gasteiger partial charge in [0.15, 0.2) is 0 Å². The number of hydrogen-bond acceptors (Lipinski definition) is 3. The largest absolute Gasteiger partial charge is 0.350 e. The van der Waals surface area contributed by atoms with Crippen LogP contribution >= 0.6 is 0 Å². The lowest BCUT2D eigenvalue weighted by Gasteiger charge is -2.09. The van der Waals surface area contributed by atoms with Gasteiger partial charge in [-0.25, -0.2) is 13.8 Å². The van der Waals surface area contributed by atoms with E-state index >= 15 is 0 Å². The number of halogens is 2. The van der Waals surface area contributed by atoms with Gasteiger partial charge in [-0.3, -0.25) is 14.2 Å². The third-order valence-electron chi connectivity index (χ3n) is 3.33. The van der Waals surface area contributed by atoms with Gasteiger partial charge in [-0.15, -0.1) is 0 Å². The van der Waals surface area contributed by atoms with Crippen molar-refractivity contribution in [2.75, 3.05) is 6.54 Å². The minimum absolute atomic E-state index is 0.125. The van der Waals surface area contributed by atoms with Gasteiger partial charge in [0.05, 0.1) is 11.9 Å². The first-order valence-electron chi connectivity index (χ1n) is 6.66. The Morgan fingerprint density at radius 3 is 2.73 bits per heavy atom. The number of hydrogen-bond donors (Lipinski definition) is 1. The number of aromatic nitrogens is 2. The van der Waals surface area contributed by atoms with Crippen LogP contribution in [0.25, 0.3) is 0 Å². The Morgan fingerprint density at radius 1 is 1.32 bits per heavy atom. The van der Waals surface area contributed by atoms with Gasteiger partial charge in [0.1, 0.15) is 11.6 Å². The van der Waals surface area contributed by atoms with E-state index < -0.39 is 17.5 Å². The smallest absolute Gasteiger partial charge is 0.256 e. The zero-order valence-corrected chi connectivity index (χ0v) is 12.2. The molecule has 1 aromatic heterocycles. The van der Waals surface area contributed by atoms with E-state index in [0.29, 0.717) is 17.3 Å². The van der Waals surface area contributed by atoms with Crippen molar-refractivity contribution in [1.82, 2.24) is 14.9 Å². The van der Waals surface area contributed by atoms with Crippen molar-refractivity contribution in [1.29, 1.82) is 0 Å². The lowest BCUT2D eigenvalue weighted by atomic mass is 10.2. The van der Waals surface area contributed by atoms with Gasteiger partial charge >= 0.3 is 0 Å². The van der Waals surface area contributed by atoms with Crippen LogP contribution in [0, 0.1) is 25.5 Å². The zero-order chi connectivity index (χ0) is 16.3. The summed E-state index contributed by atoms with van der Waals surface area (Å²) in [5.41, 5.74) is 0.763. The summed E-state index contributed by atoms with van der Waals surface area (Å²) in [6.45, 7) is 3.75. The molecule has 1 heterocycles. The monoisotopic (exact) mass is 307 g/mol. The van der Waals surface area contributed by atoms with Crippen LogP contribution < -0.4 is 10.9 Å². The van der Waals surface area contributed by atoms with Crippen LogP contribution in [0.15, 0.2) is 29.3 Å². The molecule has 0 aliphatic rings. The second-order valence-electron chi connectivity index (χ2n) is 4.83. The van der Waals surface area contributed by atoms with Crippen molar-refractivity contribution in [2.45, 2.75) is 20.4 Å². The van der Waals surface area contributed by atoms with Crippen LogP contribution in [0.3, 0.4) is 0 Å². The Kier molecular flexibility index (Phi) is 4.65. The van der Waals surface area contributed by atoms with Crippen LogP contribution in [0.1, 0.15) is 21.6 Å². The van der Waals surface area contributed by atoms with Gasteiger partial charge in [-0.05, 0) is 26.0 Å². The minimum Gasteiger partial charge on any atom is -0.350 e. The zero-order valence-electron chi connectivity index (χ0n) is 12.2. The first-order valence-corrected chi connectivity index (χ1v) is 6.66. The number of carbonyl (C=O) groups is 1. The van der Waals surface area contributed by atoms with E-state index in [-0.39, 0.29) is 24.2 Å². The van der Waals surface area contributed by atoms with E-state index in [4.69, 9.17) is 0 Å². The van der Waals surface area contributed by atoms with E-state index in [1.807, 2.05) is 0 Å². The molecule has 0 aliphatic carbocycles. The van der Waals surface area contributed by atoms with Crippen LogP contribution in [0.2, 0.25) is 0 Å². The highest BCUT2D eigenvalue weighted by Crippen LogP contribution is 2.09. The average Bonchev–Trinajstić information content (AvgIpc) is 2.47. The first kappa shape index (κ1) is 15.8. The predicted molar refractivity (Wildman–Crippen MR) is 76.7 cm³/mol. The van der Waals surface area contributed by atoms with Gasteiger partial charge in [0, 0.05) is 30.4 Å². The molecule has 0 radical (unpaired) electrons. The summed E-state index contributed by atoms with van der Waals surface area (Å²) in [7, 11) is 0. The first-order chi connectivity index (χ1) is 10.4. The van der Waals surface area contributed by atoms with E-state index in [1.165, 1.54) is 10.9 Å². The van der Waals surface area contributed by atoms with Gasteiger partial charge in [0.2, 0.25) is 0 Å². The Labute approximate surface area is 125 Å². The molecule has 1 N–H and O–H groups in total. The topological polar surface area (TPSA) is 64.0 Å². The molecule has 2 rings (SSSR count). The lowest BCUT2D eigenvalue weighted by molar-refractivity contribution is 0.0948. The lowest BCUT2D eigenvalue weighted by Crippen LogP contribution is -2.32. The molecule has 0 saturated carbocycles. The maximum atomic E-state index is 13.4. The van der Waals surface area contributed by atoms with E-state index in [9.17, 15) is 18.4 Å². The number of rotatable bonds is 4. The fourth-order valence-electron chi connectivity index (χ4n) is 1.89. The Morgan fingerprint density at radius 2 is 2.05 bits per heavy atom. The van der Waals surface area contributed by atoms with E-state index in [2.05, 4.69) is 10.3 Å². The Balaban J connectivity index is 2.01. The van der Waals surface area contributed by atoms with Gasteiger partial charge in [-0.2, -0.15) is 0 Å². The summed E-state index contributed by atoms with van der Waals surface area (Å²) in [5.74, 6) is -2.34. The third kappa shape index (κ3) is 3.36. The van der Waals surface area contributed by atoms with Crippen molar-refractivity contribution in [2.24, 2.45) is 0 Å². The number of aryl methyl sites for hydroxylation is 1. The SMILES string of the molecule is Cc1ncn(CCNC(=O)c2ccc(F)cc2F)c(=O)c1C. The molecule has 0 aliphatic heterocycles. The highest BCUT2D eigenvalue weighted by Gasteiger charge is 2.12. The van der Waals surface area contributed by atoms with Crippen molar-refractivity contribution in [3.8, 4) is 0 Å². The summed E-state index contributed by atoms with van der Waals surface area (Å²) in [4.78, 5) is 27.8.